The molecule has 3 aromatic rings. The summed E-state index contributed by atoms with van der Waals surface area (Å²) in [5, 5.41) is 34.5. The number of anilines is 1. The Morgan fingerprint density at radius 2 is 1.69 bits per heavy atom. The Balaban J connectivity index is 1.93. The van der Waals surface area contributed by atoms with E-state index in [-0.39, 0.29) is 22.8 Å². The van der Waals surface area contributed by atoms with Crippen LogP contribution in [0.3, 0.4) is 0 Å². The van der Waals surface area contributed by atoms with Crippen LogP contribution in [0.2, 0.25) is 0 Å². The number of methoxy groups -OCH3 is 1. The third-order valence-electron chi connectivity index (χ3n) is 4.54. The molecule has 3 aromatic carbocycles. The first kappa shape index (κ1) is 25.1. The molecule has 0 aliphatic carbocycles. The Kier molecular flexibility index (Phi) is 7.95. The summed E-state index contributed by atoms with van der Waals surface area (Å²) in [6.07, 6.45) is 1.32. The molecule has 0 radical (unpaired) electrons. The minimum atomic E-state index is -0.804. The Morgan fingerprint density at radius 3 is 2.29 bits per heavy atom. The van der Waals surface area contributed by atoms with Gasteiger partial charge in [-0.3, -0.25) is 25.0 Å². The summed E-state index contributed by atoms with van der Waals surface area (Å²) >= 11 is 2.13. The molecule has 1 N–H and O–H groups in total. The maximum atomic E-state index is 12.5. The molecular formula is C23H15IN4O7. The number of nitro groups is 2. The molecule has 12 heteroatoms. The van der Waals surface area contributed by atoms with Gasteiger partial charge in [0.25, 0.3) is 11.6 Å². The molecule has 0 unspecified atom stereocenters. The summed E-state index contributed by atoms with van der Waals surface area (Å²) in [7, 11) is 1.36. The van der Waals surface area contributed by atoms with Crippen molar-refractivity contribution in [3.8, 4) is 23.3 Å². The number of non-ortho nitro benzene ring substituents is 1. The molecule has 11 nitrogen and oxygen atoms in total. The normalized spacial score (nSPS) is 10.7. The number of benzene rings is 3. The standard InChI is InChI=1S/C23H15IN4O7/c1-34-21-8-2-14(10-15(13-25)23(29)26-17-5-3-16(24)4-6-17)11-22(21)35-20-9-7-18(27(30)31)12-19(20)28(32)33/h2-12H,1H3,(H,26,29)/b15-10+. The molecule has 1 amide bonds. The highest BCUT2D eigenvalue weighted by Crippen LogP contribution is 2.38. The van der Waals surface area contributed by atoms with Crippen LogP contribution < -0.4 is 14.8 Å². The van der Waals surface area contributed by atoms with Crippen LogP contribution in [0.15, 0.2) is 66.2 Å². The van der Waals surface area contributed by atoms with Gasteiger partial charge in [0.05, 0.1) is 23.0 Å². The van der Waals surface area contributed by atoms with Gasteiger partial charge >= 0.3 is 5.69 Å². The summed E-state index contributed by atoms with van der Waals surface area (Å²) < 4.78 is 11.9. The maximum Gasteiger partial charge on any atom is 0.318 e. The number of nitrogens with zero attached hydrogens (tertiary/aromatic N) is 3. The molecule has 176 valence electrons. The van der Waals surface area contributed by atoms with Gasteiger partial charge in [0.15, 0.2) is 11.5 Å². The third kappa shape index (κ3) is 6.30. The van der Waals surface area contributed by atoms with Crippen molar-refractivity contribution in [2.45, 2.75) is 0 Å². The second-order valence-corrected chi connectivity index (χ2v) is 8.06. The van der Waals surface area contributed by atoms with Crippen LogP contribution in [0.25, 0.3) is 6.08 Å². The molecule has 0 heterocycles. The molecular weight excluding hydrogens is 571 g/mol. The molecule has 0 saturated carbocycles. The van der Waals surface area contributed by atoms with Crippen LogP contribution in [0.1, 0.15) is 5.56 Å². The van der Waals surface area contributed by atoms with Crippen molar-refractivity contribution in [1.82, 2.24) is 0 Å². The fourth-order valence-corrected chi connectivity index (χ4v) is 3.24. The SMILES string of the molecule is COc1ccc(/C=C(\C#N)C(=O)Nc2ccc(I)cc2)cc1Oc1ccc([N+](=O)[O-])cc1[N+](=O)[O-]. The molecule has 0 aromatic heterocycles. The lowest BCUT2D eigenvalue weighted by Crippen LogP contribution is -2.13. The number of amides is 1. The van der Waals surface area contributed by atoms with Crippen LogP contribution in [0.5, 0.6) is 17.2 Å². The topological polar surface area (TPSA) is 158 Å². The van der Waals surface area contributed by atoms with Crippen LogP contribution in [-0.4, -0.2) is 22.9 Å². The number of ether oxygens (including phenoxy) is 2. The Bertz CT molecular complexity index is 1380. The fraction of sp³-hybridized carbons (Fsp3) is 0.0435. The number of hydrogen-bond donors (Lipinski definition) is 1. The van der Waals surface area contributed by atoms with Crippen LogP contribution >= 0.6 is 22.6 Å². The van der Waals surface area contributed by atoms with E-state index in [0.717, 1.165) is 21.8 Å². The van der Waals surface area contributed by atoms with E-state index < -0.39 is 27.1 Å². The lowest BCUT2D eigenvalue weighted by Gasteiger charge is -2.11. The molecule has 0 saturated heterocycles. The van der Waals surface area contributed by atoms with E-state index >= 15 is 0 Å². The van der Waals surface area contributed by atoms with Crippen molar-refractivity contribution in [3.05, 3.63) is 95.6 Å². The van der Waals surface area contributed by atoms with Gasteiger partial charge in [-0.1, -0.05) is 6.07 Å². The van der Waals surface area contributed by atoms with Gasteiger partial charge < -0.3 is 14.8 Å². The summed E-state index contributed by atoms with van der Waals surface area (Å²) in [6, 6.07) is 16.3. The Morgan fingerprint density at radius 1 is 1.00 bits per heavy atom. The van der Waals surface area contributed by atoms with E-state index in [4.69, 9.17) is 9.47 Å². The van der Waals surface area contributed by atoms with Crippen LogP contribution in [-0.2, 0) is 4.79 Å². The van der Waals surface area contributed by atoms with E-state index in [1.165, 1.54) is 25.3 Å². The molecule has 0 bridgehead atoms. The highest BCUT2D eigenvalue weighted by atomic mass is 127. The number of hydrogen-bond acceptors (Lipinski definition) is 8. The minimum Gasteiger partial charge on any atom is -0.493 e. The number of nitriles is 1. The van der Waals surface area contributed by atoms with Crippen molar-refractivity contribution >= 4 is 51.6 Å². The zero-order valence-electron chi connectivity index (χ0n) is 17.9. The number of carbonyl (C=O) groups excluding carboxylic acids is 1. The highest BCUT2D eigenvalue weighted by molar-refractivity contribution is 14.1. The quantitative estimate of drug-likeness (QED) is 0.120. The van der Waals surface area contributed by atoms with E-state index in [0.29, 0.717) is 11.3 Å². The largest absolute Gasteiger partial charge is 0.493 e. The van der Waals surface area contributed by atoms with Crippen LogP contribution in [0.4, 0.5) is 17.1 Å². The maximum absolute atomic E-state index is 12.5. The highest BCUT2D eigenvalue weighted by Gasteiger charge is 2.22. The van der Waals surface area contributed by atoms with Gasteiger partial charge in [0.1, 0.15) is 11.6 Å². The number of rotatable bonds is 8. The Labute approximate surface area is 212 Å². The summed E-state index contributed by atoms with van der Waals surface area (Å²) in [4.78, 5) is 33.4. The van der Waals surface area contributed by atoms with E-state index in [1.807, 2.05) is 6.07 Å². The predicted molar refractivity (Wildman–Crippen MR) is 134 cm³/mol. The summed E-state index contributed by atoms with van der Waals surface area (Å²) in [5.74, 6) is -0.639. The van der Waals surface area contributed by atoms with Crippen molar-refractivity contribution in [1.29, 1.82) is 5.26 Å². The van der Waals surface area contributed by atoms with E-state index in [2.05, 4.69) is 27.9 Å². The number of nitrogens with one attached hydrogen (secondary N) is 1. The first-order valence-corrected chi connectivity index (χ1v) is 10.8. The van der Waals surface area contributed by atoms with E-state index in [1.54, 1.807) is 30.3 Å². The summed E-state index contributed by atoms with van der Waals surface area (Å²) in [6.45, 7) is 0. The number of nitro benzene ring substituents is 2. The van der Waals surface area contributed by atoms with Gasteiger partial charge in [0.2, 0.25) is 5.75 Å². The smallest absolute Gasteiger partial charge is 0.318 e. The number of carbonyl (C=O) groups is 1. The second kappa shape index (κ2) is 11.1. The van der Waals surface area contributed by atoms with Crippen molar-refractivity contribution < 1.29 is 24.1 Å². The number of halogens is 1. The van der Waals surface area contributed by atoms with Gasteiger partial charge in [0, 0.05) is 15.3 Å². The van der Waals surface area contributed by atoms with Gasteiger partial charge in [-0.2, -0.15) is 5.26 Å². The average Bonchev–Trinajstić information content (AvgIpc) is 2.84. The third-order valence-corrected chi connectivity index (χ3v) is 5.25. The minimum absolute atomic E-state index is 0.0357. The van der Waals surface area contributed by atoms with Crippen LogP contribution in [0, 0.1) is 35.1 Å². The Hall–Kier alpha value is -4.51. The zero-order chi connectivity index (χ0) is 25.5. The second-order valence-electron chi connectivity index (χ2n) is 6.81. The van der Waals surface area contributed by atoms with Gasteiger partial charge in [-0.05, 0) is 76.7 Å². The molecule has 0 spiro atoms. The molecule has 35 heavy (non-hydrogen) atoms. The molecule has 0 aliphatic rings. The lowest BCUT2D eigenvalue weighted by atomic mass is 10.1. The van der Waals surface area contributed by atoms with Crippen molar-refractivity contribution in [2.24, 2.45) is 0 Å². The molecule has 3 rings (SSSR count). The lowest BCUT2D eigenvalue weighted by molar-refractivity contribution is -0.394. The fourth-order valence-electron chi connectivity index (χ4n) is 2.88. The first-order valence-electron chi connectivity index (χ1n) is 9.69. The summed E-state index contributed by atoms with van der Waals surface area (Å²) in [5.41, 5.74) is -0.385. The average molecular weight is 586 g/mol. The van der Waals surface area contributed by atoms with E-state index in [9.17, 15) is 30.3 Å². The molecule has 0 fully saturated rings. The van der Waals surface area contributed by atoms with Crippen molar-refractivity contribution in [2.75, 3.05) is 12.4 Å². The monoisotopic (exact) mass is 586 g/mol. The first-order chi connectivity index (χ1) is 16.7. The van der Waals surface area contributed by atoms with Crippen molar-refractivity contribution in [3.63, 3.8) is 0 Å². The van der Waals surface area contributed by atoms with Gasteiger partial charge in [-0.25, -0.2) is 0 Å². The zero-order valence-corrected chi connectivity index (χ0v) is 20.1. The predicted octanol–water partition coefficient (Wildman–Crippen LogP) is 5.45. The molecule has 0 aliphatic heterocycles. The van der Waals surface area contributed by atoms with Gasteiger partial charge in [-0.15, -0.1) is 0 Å². The molecule has 0 atom stereocenters.